The second kappa shape index (κ2) is 8.21. The van der Waals surface area contributed by atoms with Gasteiger partial charge < -0.3 is 10.1 Å². The summed E-state index contributed by atoms with van der Waals surface area (Å²) >= 11 is 11.9. The second-order valence-electron chi connectivity index (χ2n) is 5.55. The summed E-state index contributed by atoms with van der Waals surface area (Å²) in [7, 11) is 0. The maximum atomic E-state index is 12.2. The molecule has 3 aromatic rings. The van der Waals surface area contributed by atoms with Gasteiger partial charge in [0.05, 0.1) is 5.02 Å². The minimum Gasteiger partial charge on any atom is -0.479 e. The molecule has 6 nitrogen and oxygen atoms in total. The molecule has 1 aromatic carbocycles. The molecule has 0 bridgehead atoms. The van der Waals surface area contributed by atoms with Crippen LogP contribution < -0.4 is 10.1 Å². The van der Waals surface area contributed by atoms with Crippen molar-refractivity contribution in [2.45, 2.75) is 19.6 Å². The van der Waals surface area contributed by atoms with Crippen molar-refractivity contribution < 1.29 is 9.53 Å². The van der Waals surface area contributed by atoms with Crippen LogP contribution >= 0.6 is 23.2 Å². The molecule has 8 heteroatoms. The van der Waals surface area contributed by atoms with E-state index in [-0.39, 0.29) is 5.91 Å². The van der Waals surface area contributed by atoms with Crippen molar-refractivity contribution in [2.24, 2.45) is 0 Å². The maximum Gasteiger partial charge on any atom is 0.261 e. The fourth-order valence-corrected chi connectivity index (χ4v) is 2.67. The fraction of sp³-hybridized carbons (Fsp3) is 0.167. The molecule has 26 heavy (non-hydrogen) atoms. The average Bonchev–Trinajstić information content (AvgIpc) is 3.17. The Morgan fingerprint density at radius 3 is 2.81 bits per heavy atom. The Kier molecular flexibility index (Phi) is 5.75. The molecule has 0 saturated heterocycles. The van der Waals surface area contributed by atoms with Gasteiger partial charge in [-0.15, -0.1) is 0 Å². The van der Waals surface area contributed by atoms with Gasteiger partial charge in [0, 0.05) is 30.2 Å². The number of imidazole rings is 1. The lowest BCUT2D eigenvalue weighted by Gasteiger charge is -2.15. The van der Waals surface area contributed by atoms with Gasteiger partial charge in [-0.05, 0) is 36.8 Å². The fourth-order valence-electron chi connectivity index (χ4n) is 2.22. The van der Waals surface area contributed by atoms with Crippen LogP contribution in [0.25, 0.3) is 5.82 Å². The largest absolute Gasteiger partial charge is 0.479 e. The molecule has 0 aliphatic heterocycles. The predicted octanol–water partition coefficient (Wildman–Crippen LogP) is 3.66. The van der Waals surface area contributed by atoms with Gasteiger partial charge in [0.25, 0.3) is 5.91 Å². The number of carbonyl (C=O) groups is 1. The summed E-state index contributed by atoms with van der Waals surface area (Å²) in [4.78, 5) is 20.5. The van der Waals surface area contributed by atoms with Gasteiger partial charge in [-0.25, -0.2) is 9.97 Å². The number of halogens is 2. The van der Waals surface area contributed by atoms with Crippen LogP contribution in [0.3, 0.4) is 0 Å². The number of carbonyl (C=O) groups excluding carboxylic acids is 1. The quantitative estimate of drug-likeness (QED) is 0.697. The lowest BCUT2D eigenvalue weighted by atomic mass is 10.2. The summed E-state index contributed by atoms with van der Waals surface area (Å²) in [5, 5.41) is 3.68. The van der Waals surface area contributed by atoms with Crippen LogP contribution in [0.5, 0.6) is 5.75 Å². The van der Waals surface area contributed by atoms with E-state index in [9.17, 15) is 4.79 Å². The van der Waals surface area contributed by atoms with Crippen molar-refractivity contribution in [3.8, 4) is 11.6 Å². The van der Waals surface area contributed by atoms with E-state index in [1.807, 2.05) is 18.3 Å². The molecular weight excluding hydrogens is 375 g/mol. The molecule has 0 spiro atoms. The highest BCUT2D eigenvalue weighted by Gasteiger charge is 2.16. The number of benzene rings is 1. The minimum atomic E-state index is -0.702. The Hall–Kier alpha value is -2.57. The normalized spacial score (nSPS) is 11.8. The SMILES string of the molecule is CC(Oc1ccc(Cl)cc1Cl)C(=O)NCc1ccc(-n2ccnc2)nc1. The summed E-state index contributed by atoms with van der Waals surface area (Å²) < 4.78 is 7.39. The Morgan fingerprint density at radius 1 is 1.31 bits per heavy atom. The highest BCUT2D eigenvalue weighted by molar-refractivity contribution is 6.35. The number of rotatable bonds is 6. The van der Waals surface area contributed by atoms with E-state index in [0.29, 0.717) is 22.3 Å². The standard InChI is InChI=1S/C18H16Cl2N4O2/c1-12(26-16-4-3-14(19)8-15(16)20)18(25)23-10-13-2-5-17(22-9-13)24-7-6-21-11-24/h2-9,11-12H,10H2,1H3,(H,23,25). The Morgan fingerprint density at radius 2 is 2.15 bits per heavy atom. The van der Waals surface area contributed by atoms with Crippen molar-refractivity contribution in [1.82, 2.24) is 19.9 Å². The first-order valence-corrected chi connectivity index (χ1v) is 8.61. The molecule has 1 unspecified atom stereocenters. The molecule has 0 saturated carbocycles. The summed E-state index contributed by atoms with van der Waals surface area (Å²) in [5.74, 6) is 0.909. The molecule has 134 valence electrons. The van der Waals surface area contributed by atoms with Crippen LogP contribution in [0.4, 0.5) is 0 Å². The van der Waals surface area contributed by atoms with Gasteiger partial charge in [-0.1, -0.05) is 29.3 Å². The number of hydrogen-bond donors (Lipinski definition) is 1. The highest BCUT2D eigenvalue weighted by Crippen LogP contribution is 2.28. The van der Waals surface area contributed by atoms with Crippen LogP contribution in [-0.4, -0.2) is 26.5 Å². The molecule has 1 atom stereocenters. The van der Waals surface area contributed by atoms with Crippen LogP contribution in [0, 0.1) is 0 Å². The summed E-state index contributed by atoms with van der Waals surface area (Å²) in [6.07, 6.45) is 6.17. The van der Waals surface area contributed by atoms with Crippen LogP contribution in [0.15, 0.2) is 55.2 Å². The zero-order valence-corrected chi connectivity index (χ0v) is 15.4. The minimum absolute atomic E-state index is 0.255. The molecule has 1 amide bonds. The van der Waals surface area contributed by atoms with E-state index in [1.54, 1.807) is 48.4 Å². The zero-order valence-electron chi connectivity index (χ0n) is 13.9. The zero-order chi connectivity index (χ0) is 18.5. The lowest BCUT2D eigenvalue weighted by molar-refractivity contribution is -0.127. The number of aromatic nitrogens is 3. The van der Waals surface area contributed by atoms with Gasteiger partial charge in [0.15, 0.2) is 6.10 Å². The third-order valence-electron chi connectivity index (χ3n) is 3.61. The van der Waals surface area contributed by atoms with Gasteiger partial charge in [0.1, 0.15) is 17.9 Å². The first-order valence-electron chi connectivity index (χ1n) is 7.85. The predicted molar refractivity (Wildman–Crippen MR) is 99.8 cm³/mol. The van der Waals surface area contributed by atoms with E-state index in [4.69, 9.17) is 27.9 Å². The van der Waals surface area contributed by atoms with Crippen molar-refractivity contribution in [1.29, 1.82) is 0 Å². The molecule has 2 heterocycles. The number of nitrogens with zero attached hydrogens (tertiary/aromatic N) is 3. The van der Waals surface area contributed by atoms with Gasteiger partial charge in [-0.2, -0.15) is 0 Å². The molecule has 0 radical (unpaired) electrons. The van der Waals surface area contributed by atoms with Crippen molar-refractivity contribution >= 4 is 29.1 Å². The van der Waals surface area contributed by atoms with Crippen molar-refractivity contribution in [2.75, 3.05) is 0 Å². The topological polar surface area (TPSA) is 69.0 Å². The second-order valence-corrected chi connectivity index (χ2v) is 6.39. The van der Waals surface area contributed by atoms with Crippen LogP contribution in [0.1, 0.15) is 12.5 Å². The number of ether oxygens (including phenoxy) is 1. The number of nitrogens with one attached hydrogen (secondary N) is 1. The molecule has 2 aromatic heterocycles. The molecule has 0 fully saturated rings. The molecule has 1 N–H and O–H groups in total. The van der Waals surface area contributed by atoms with E-state index in [0.717, 1.165) is 11.4 Å². The van der Waals surface area contributed by atoms with E-state index in [2.05, 4.69) is 15.3 Å². The third-order valence-corrected chi connectivity index (χ3v) is 4.14. The maximum absolute atomic E-state index is 12.2. The highest BCUT2D eigenvalue weighted by atomic mass is 35.5. The summed E-state index contributed by atoms with van der Waals surface area (Å²) in [6.45, 7) is 2.00. The van der Waals surface area contributed by atoms with E-state index >= 15 is 0 Å². The Labute approximate surface area is 160 Å². The number of pyridine rings is 1. The molecular formula is C18H16Cl2N4O2. The van der Waals surface area contributed by atoms with E-state index in [1.165, 1.54) is 0 Å². The van der Waals surface area contributed by atoms with Crippen LogP contribution in [-0.2, 0) is 11.3 Å². The first-order chi connectivity index (χ1) is 12.5. The van der Waals surface area contributed by atoms with Gasteiger partial charge in [0.2, 0.25) is 0 Å². The lowest BCUT2D eigenvalue weighted by Crippen LogP contribution is -2.36. The van der Waals surface area contributed by atoms with Crippen molar-refractivity contribution in [3.05, 3.63) is 70.9 Å². The molecule has 3 rings (SSSR count). The molecule has 0 aliphatic rings. The Bertz CT molecular complexity index is 883. The van der Waals surface area contributed by atoms with Gasteiger partial charge in [-0.3, -0.25) is 9.36 Å². The summed E-state index contributed by atoms with van der Waals surface area (Å²) in [6, 6.07) is 8.60. The average molecular weight is 391 g/mol. The third kappa shape index (κ3) is 4.53. The smallest absolute Gasteiger partial charge is 0.261 e. The summed E-state index contributed by atoms with van der Waals surface area (Å²) in [5.41, 5.74) is 0.874. The van der Waals surface area contributed by atoms with Crippen molar-refractivity contribution in [3.63, 3.8) is 0 Å². The number of hydrogen-bond acceptors (Lipinski definition) is 4. The van der Waals surface area contributed by atoms with Crippen LogP contribution in [0.2, 0.25) is 10.0 Å². The Balaban J connectivity index is 1.54. The van der Waals surface area contributed by atoms with Gasteiger partial charge >= 0.3 is 0 Å². The number of amides is 1. The monoisotopic (exact) mass is 390 g/mol. The first kappa shape index (κ1) is 18.2. The molecule has 0 aliphatic carbocycles. The van der Waals surface area contributed by atoms with E-state index < -0.39 is 6.10 Å².